The number of aliphatic imine (C=N–C) groups is 1. The average molecular weight is 325 g/mol. The van der Waals surface area contributed by atoms with Crippen molar-refractivity contribution in [2.45, 2.75) is 76.9 Å². The van der Waals surface area contributed by atoms with Crippen LogP contribution in [0.15, 0.2) is 4.99 Å². The number of aliphatic hydroxyl groups excluding tert-OH is 1. The number of nitrogens with zero attached hydrogens (tertiary/aromatic N) is 1. The fourth-order valence-corrected chi connectivity index (χ4v) is 3.54. The Morgan fingerprint density at radius 3 is 2.61 bits per heavy atom. The molecule has 0 spiro atoms. The summed E-state index contributed by atoms with van der Waals surface area (Å²) in [4.78, 5) is 4.63. The molecule has 0 aromatic carbocycles. The minimum atomic E-state index is -0.162. The molecule has 0 aromatic rings. The standard InChI is InChI=1S/C18H35N3O2/c1-2-19-18(21-14-15-8-6-11-17(15)22)20-12-7-13-23-16-9-4-3-5-10-16/h15-17,22H,2-14H2,1H3,(H2,19,20,21). The molecule has 0 amide bonds. The molecule has 3 N–H and O–H groups in total. The van der Waals surface area contributed by atoms with Crippen molar-refractivity contribution in [1.29, 1.82) is 0 Å². The van der Waals surface area contributed by atoms with Crippen molar-refractivity contribution < 1.29 is 9.84 Å². The molecule has 0 radical (unpaired) electrons. The Hall–Kier alpha value is -0.810. The number of nitrogens with one attached hydrogen (secondary N) is 2. The van der Waals surface area contributed by atoms with Crippen molar-refractivity contribution in [2.75, 3.05) is 26.2 Å². The van der Waals surface area contributed by atoms with Crippen molar-refractivity contribution in [3.63, 3.8) is 0 Å². The second kappa shape index (κ2) is 10.9. The second-order valence-corrected chi connectivity index (χ2v) is 6.89. The summed E-state index contributed by atoms with van der Waals surface area (Å²) in [6.45, 7) is 5.37. The van der Waals surface area contributed by atoms with E-state index in [1.165, 1.54) is 32.1 Å². The van der Waals surface area contributed by atoms with Gasteiger partial charge in [0.15, 0.2) is 5.96 Å². The van der Waals surface area contributed by atoms with Gasteiger partial charge in [-0.1, -0.05) is 25.7 Å². The van der Waals surface area contributed by atoms with Gasteiger partial charge in [-0.3, -0.25) is 4.99 Å². The molecule has 2 saturated carbocycles. The van der Waals surface area contributed by atoms with Gasteiger partial charge in [-0.05, 0) is 39.0 Å². The van der Waals surface area contributed by atoms with Gasteiger partial charge in [0, 0.05) is 32.2 Å². The molecule has 0 aromatic heterocycles. The Balaban J connectivity index is 1.59. The van der Waals surface area contributed by atoms with Gasteiger partial charge in [0.25, 0.3) is 0 Å². The Labute approximate surface area is 141 Å². The fourth-order valence-electron chi connectivity index (χ4n) is 3.54. The Bertz CT molecular complexity index is 343. The summed E-state index contributed by atoms with van der Waals surface area (Å²) in [5, 5.41) is 16.5. The summed E-state index contributed by atoms with van der Waals surface area (Å²) in [7, 11) is 0. The maximum absolute atomic E-state index is 9.87. The van der Waals surface area contributed by atoms with Crippen molar-refractivity contribution in [3.05, 3.63) is 0 Å². The van der Waals surface area contributed by atoms with Crippen LogP contribution in [0.2, 0.25) is 0 Å². The number of aliphatic hydroxyl groups is 1. The lowest BCUT2D eigenvalue weighted by atomic mass is 9.98. The SMILES string of the molecule is CCNC(=NCC1CCCC1O)NCCCOC1CCCCC1. The zero-order chi connectivity index (χ0) is 16.3. The number of ether oxygens (including phenoxy) is 1. The highest BCUT2D eigenvalue weighted by molar-refractivity contribution is 5.79. The molecule has 2 aliphatic rings. The molecule has 5 heteroatoms. The molecule has 2 unspecified atom stereocenters. The van der Waals surface area contributed by atoms with Crippen molar-refractivity contribution in [2.24, 2.45) is 10.9 Å². The summed E-state index contributed by atoms with van der Waals surface area (Å²) in [5.74, 6) is 1.20. The van der Waals surface area contributed by atoms with Crippen molar-refractivity contribution in [1.82, 2.24) is 10.6 Å². The quantitative estimate of drug-likeness (QED) is 0.364. The lowest BCUT2D eigenvalue weighted by Crippen LogP contribution is -2.38. The van der Waals surface area contributed by atoms with E-state index in [0.717, 1.165) is 57.9 Å². The van der Waals surface area contributed by atoms with E-state index in [0.29, 0.717) is 12.0 Å². The lowest BCUT2D eigenvalue weighted by Gasteiger charge is -2.22. The van der Waals surface area contributed by atoms with Crippen LogP contribution in [0.25, 0.3) is 0 Å². The number of hydrogen-bond donors (Lipinski definition) is 3. The van der Waals surface area contributed by atoms with Crippen LogP contribution in [0.5, 0.6) is 0 Å². The third kappa shape index (κ3) is 7.08. The minimum Gasteiger partial charge on any atom is -0.393 e. The van der Waals surface area contributed by atoms with Crippen LogP contribution in [-0.4, -0.2) is 49.5 Å². The fraction of sp³-hybridized carbons (Fsp3) is 0.944. The molecule has 23 heavy (non-hydrogen) atoms. The van der Waals surface area contributed by atoms with E-state index in [1.54, 1.807) is 0 Å². The van der Waals surface area contributed by atoms with Gasteiger partial charge in [-0.2, -0.15) is 0 Å². The predicted molar refractivity (Wildman–Crippen MR) is 94.8 cm³/mol. The van der Waals surface area contributed by atoms with Crippen LogP contribution in [0.1, 0.15) is 64.7 Å². The summed E-state index contributed by atoms with van der Waals surface area (Å²) in [6.07, 6.45) is 11.0. The van der Waals surface area contributed by atoms with Crippen LogP contribution in [-0.2, 0) is 4.74 Å². The second-order valence-electron chi connectivity index (χ2n) is 6.89. The molecule has 0 aliphatic heterocycles. The van der Waals surface area contributed by atoms with Crippen LogP contribution < -0.4 is 10.6 Å². The molecule has 2 atom stereocenters. The molecule has 0 saturated heterocycles. The number of rotatable bonds is 8. The third-order valence-corrected chi connectivity index (χ3v) is 4.97. The van der Waals surface area contributed by atoms with E-state index in [-0.39, 0.29) is 6.10 Å². The highest BCUT2D eigenvalue weighted by Crippen LogP contribution is 2.25. The van der Waals surface area contributed by atoms with Gasteiger partial charge in [0.2, 0.25) is 0 Å². The van der Waals surface area contributed by atoms with Gasteiger partial charge >= 0.3 is 0 Å². The molecular weight excluding hydrogens is 290 g/mol. The van der Waals surface area contributed by atoms with Crippen LogP contribution in [0.4, 0.5) is 0 Å². The summed E-state index contributed by atoms with van der Waals surface area (Å²) in [5.41, 5.74) is 0. The highest BCUT2D eigenvalue weighted by Gasteiger charge is 2.24. The monoisotopic (exact) mass is 325 g/mol. The Morgan fingerprint density at radius 2 is 1.91 bits per heavy atom. The maximum atomic E-state index is 9.87. The van der Waals surface area contributed by atoms with Gasteiger partial charge in [-0.15, -0.1) is 0 Å². The average Bonchev–Trinajstić information content (AvgIpc) is 2.98. The summed E-state index contributed by atoms with van der Waals surface area (Å²) in [6, 6.07) is 0. The minimum absolute atomic E-state index is 0.162. The molecule has 5 nitrogen and oxygen atoms in total. The van der Waals surface area contributed by atoms with Gasteiger partial charge in [0.05, 0.1) is 12.2 Å². The smallest absolute Gasteiger partial charge is 0.191 e. The predicted octanol–water partition coefficient (Wildman–Crippen LogP) is 2.44. The van der Waals surface area contributed by atoms with E-state index < -0.39 is 0 Å². The molecule has 0 bridgehead atoms. The lowest BCUT2D eigenvalue weighted by molar-refractivity contribution is 0.0277. The third-order valence-electron chi connectivity index (χ3n) is 4.97. The first kappa shape index (κ1) is 18.5. The van der Waals surface area contributed by atoms with Crippen LogP contribution in [0, 0.1) is 5.92 Å². The van der Waals surface area contributed by atoms with E-state index in [2.05, 4.69) is 22.5 Å². The van der Waals surface area contributed by atoms with Gasteiger partial charge in [-0.25, -0.2) is 0 Å². The molecule has 0 heterocycles. The van der Waals surface area contributed by atoms with E-state index in [4.69, 9.17) is 4.74 Å². The molecule has 2 fully saturated rings. The first-order chi connectivity index (χ1) is 11.3. The molecule has 2 aliphatic carbocycles. The molecule has 134 valence electrons. The van der Waals surface area contributed by atoms with E-state index in [1.807, 2.05) is 0 Å². The summed E-state index contributed by atoms with van der Waals surface area (Å²) < 4.78 is 5.95. The summed E-state index contributed by atoms with van der Waals surface area (Å²) >= 11 is 0. The Morgan fingerprint density at radius 1 is 1.09 bits per heavy atom. The van der Waals surface area contributed by atoms with Crippen molar-refractivity contribution in [3.8, 4) is 0 Å². The van der Waals surface area contributed by atoms with Crippen molar-refractivity contribution >= 4 is 5.96 Å². The van der Waals surface area contributed by atoms with Gasteiger partial charge in [0.1, 0.15) is 0 Å². The van der Waals surface area contributed by atoms with Gasteiger partial charge < -0.3 is 20.5 Å². The van der Waals surface area contributed by atoms with Crippen LogP contribution >= 0.6 is 0 Å². The zero-order valence-electron chi connectivity index (χ0n) is 14.7. The number of hydrogen-bond acceptors (Lipinski definition) is 3. The first-order valence-electron chi connectivity index (χ1n) is 9.61. The largest absolute Gasteiger partial charge is 0.393 e. The topological polar surface area (TPSA) is 65.9 Å². The maximum Gasteiger partial charge on any atom is 0.191 e. The normalized spacial score (nSPS) is 26.4. The zero-order valence-corrected chi connectivity index (χ0v) is 14.7. The van der Waals surface area contributed by atoms with E-state index >= 15 is 0 Å². The van der Waals surface area contributed by atoms with E-state index in [9.17, 15) is 5.11 Å². The first-order valence-corrected chi connectivity index (χ1v) is 9.61. The number of guanidine groups is 1. The van der Waals surface area contributed by atoms with Crippen LogP contribution in [0.3, 0.4) is 0 Å². The molecule has 2 rings (SSSR count). The highest BCUT2D eigenvalue weighted by atomic mass is 16.5. The Kier molecular flexibility index (Phi) is 8.76. The molecular formula is C18H35N3O2.